The van der Waals surface area contributed by atoms with Crippen molar-refractivity contribution in [2.24, 2.45) is 11.7 Å². The molecule has 0 aliphatic heterocycles. The van der Waals surface area contributed by atoms with Crippen molar-refractivity contribution in [3.63, 3.8) is 0 Å². The molecule has 3 N–H and O–H groups in total. The molecule has 128 valence electrons. The van der Waals surface area contributed by atoms with Crippen molar-refractivity contribution in [1.82, 2.24) is 9.97 Å². The van der Waals surface area contributed by atoms with Gasteiger partial charge < -0.3 is 10.7 Å². The maximum Gasteiger partial charge on any atom is 0.263 e. The highest BCUT2D eigenvalue weighted by molar-refractivity contribution is 5.97. The summed E-state index contributed by atoms with van der Waals surface area (Å²) in [6.07, 6.45) is -0.157. The van der Waals surface area contributed by atoms with Crippen molar-refractivity contribution in [2.45, 2.75) is 26.3 Å². The number of carbonyl (C=O) groups is 2. The quantitative estimate of drug-likeness (QED) is 0.849. The van der Waals surface area contributed by atoms with E-state index in [2.05, 4.69) is 9.97 Å². The number of nitrogens with two attached hydrogens (primary N) is 1. The topological polar surface area (TPSA) is 92.1 Å². The zero-order chi connectivity index (χ0) is 17.9. The standard InChI is InChI=1S/C16H18F2N4O2/c1-9(2)15(24)22(16-20-7-8-21-16)12(13(17)18)10-5-3-4-6-11(10)14(19)23/h3-9,12-13H,1-2H3,(H2,19,23)(H,20,21). The molecule has 1 atom stereocenters. The Morgan fingerprint density at radius 3 is 2.42 bits per heavy atom. The number of benzene rings is 1. The highest BCUT2D eigenvalue weighted by Gasteiger charge is 2.37. The number of nitrogens with zero attached hydrogens (tertiary/aromatic N) is 2. The first-order valence-corrected chi connectivity index (χ1v) is 7.34. The number of hydrogen-bond donors (Lipinski definition) is 2. The molecule has 0 aliphatic carbocycles. The fourth-order valence-electron chi connectivity index (χ4n) is 2.41. The third-order valence-electron chi connectivity index (χ3n) is 3.51. The Hall–Kier alpha value is -2.77. The molecule has 1 unspecified atom stereocenters. The first-order valence-electron chi connectivity index (χ1n) is 7.34. The molecule has 0 radical (unpaired) electrons. The molecule has 1 aromatic carbocycles. The number of carbonyl (C=O) groups excluding carboxylic acids is 2. The van der Waals surface area contributed by atoms with Crippen LogP contribution in [0.25, 0.3) is 0 Å². The van der Waals surface area contributed by atoms with E-state index in [1.165, 1.54) is 36.7 Å². The Kier molecular flexibility index (Phi) is 5.28. The number of alkyl halides is 2. The predicted octanol–water partition coefficient (Wildman–Crippen LogP) is 2.50. The molecule has 0 saturated heterocycles. The van der Waals surface area contributed by atoms with Crippen LogP contribution in [0.3, 0.4) is 0 Å². The Bertz CT molecular complexity index is 717. The van der Waals surface area contributed by atoms with Crippen molar-refractivity contribution in [2.75, 3.05) is 4.90 Å². The normalized spacial score (nSPS) is 12.4. The Labute approximate surface area is 137 Å². The van der Waals surface area contributed by atoms with Crippen LogP contribution in [0.2, 0.25) is 0 Å². The Balaban J connectivity index is 2.63. The van der Waals surface area contributed by atoms with Crippen molar-refractivity contribution < 1.29 is 18.4 Å². The van der Waals surface area contributed by atoms with E-state index in [0.717, 1.165) is 4.90 Å². The number of H-pyrrole nitrogens is 1. The molecule has 2 amide bonds. The van der Waals surface area contributed by atoms with Gasteiger partial charge in [0.2, 0.25) is 17.8 Å². The van der Waals surface area contributed by atoms with Gasteiger partial charge in [-0.1, -0.05) is 32.0 Å². The minimum Gasteiger partial charge on any atom is -0.366 e. The molecule has 8 heteroatoms. The zero-order valence-corrected chi connectivity index (χ0v) is 13.2. The number of imidazole rings is 1. The van der Waals surface area contributed by atoms with Crippen LogP contribution >= 0.6 is 0 Å². The van der Waals surface area contributed by atoms with E-state index in [1.54, 1.807) is 13.8 Å². The van der Waals surface area contributed by atoms with Gasteiger partial charge >= 0.3 is 0 Å². The van der Waals surface area contributed by atoms with Gasteiger partial charge in [-0.25, -0.2) is 13.8 Å². The molecule has 6 nitrogen and oxygen atoms in total. The highest BCUT2D eigenvalue weighted by atomic mass is 19.3. The van der Waals surface area contributed by atoms with Gasteiger partial charge in [-0.3, -0.25) is 14.5 Å². The van der Waals surface area contributed by atoms with E-state index in [4.69, 9.17) is 5.73 Å². The molecule has 0 aliphatic rings. The summed E-state index contributed by atoms with van der Waals surface area (Å²) in [5.41, 5.74) is 5.21. The van der Waals surface area contributed by atoms with Crippen molar-refractivity contribution >= 4 is 17.8 Å². The van der Waals surface area contributed by atoms with E-state index < -0.39 is 30.2 Å². The molecule has 0 saturated carbocycles. The lowest BCUT2D eigenvalue weighted by atomic mass is 9.98. The molecule has 2 aromatic rings. The molecule has 2 rings (SSSR count). The summed E-state index contributed by atoms with van der Waals surface area (Å²) in [6.45, 7) is 3.20. The van der Waals surface area contributed by atoms with Crippen LogP contribution in [-0.2, 0) is 4.79 Å². The minimum absolute atomic E-state index is 0.0155. The zero-order valence-electron chi connectivity index (χ0n) is 13.2. The minimum atomic E-state index is -2.95. The smallest absolute Gasteiger partial charge is 0.263 e. The molecule has 1 heterocycles. The van der Waals surface area contributed by atoms with Crippen LogP contribution in [0, 0.1) is 5.92 Å². The maximum atomic E-state index is 13.9. The number of hydrogen-bond acceptors (Lipinski definition) is 3. The second kappa shape index (κ2) is 7.20. The summed E-state index contributed by atoms with van der Waals surface area (Å²) in [6, 6.07) is 4.06. The van der Waals surface area contributed by atoms with Gasteiger partial charge in [0.1, 0.15) is 6.04 Å². The molecule has 24 heavy (non-hydrogen) atoms. The molecular formula is C16H18F2N4O2. The van der Waals surface area contributed by atoms with E-state index in [9.17, 15) is 18.4 Å². The summed E-state index contributed by atoms with van der Waals surface area (Å²) in [4.78, 5) is 31.7. The maximum absolute atomic E-state index is 13.9. The van der Waals surface area contributed by atoms with Crippen LogP contribution in [0.5, 0.6) is 0 Å². The van der Waals surface area contributed by atoms with Crippen LogP contribution in [0.15, 0.2) is 36.7 Å². The fraction of sp³-hybridized carbons (Fsp3) is 0.312. The average Bonchev–Trinajstić information content (AvgIpc) is 3.05. The van der Waals surface area contributed by atoms with Gasteiger partial charge in [0.05, 0.1) is 0 Å². The summed E-state index contributed by atoms with van der Waals surface area (Å²) in [5, 5.41) is 0. The third kappa shape index (κ3) is 3.42. The number of rotatable bonds is 6. The molecule has 0 bridgehead atoms. The SMILES string of the molecule is CC(C)C(=O)N(c1ncc[nH]1)C(c1ccccc1C(N)=O)C(F)F. The van der Waals surface area contributed by atoms with Gasteiger partial charge in [0.15, 0.2) is 0 Å². The number of anilines is 1. The third-order valence-corrected chi connectivity index (χ3v) is 3.51. The summed E-state index contributed by atoms with van der Waals surface area (Å²) < 4.78 is 27.8. The first-order chi connectivity index (χ1) is 11.3. The largest absolute Gasteiger partial charge is 0.366 e. The second-order valence-electron chi connectivity index (χ2n) is 5.51. The van der Waals surface area contributed by atoms with E-state index in [0.29, 0.717) is 0 Å². The molecule has 1 aromatic heterocycles. The summed E-state index contributed by atoms with van der Waals surface area (Å²) in [5.74, 6) is -1.95. The van der Waals surface area contributed by atoms with Crippen LogP contribution in [0.4, 0.5) is 14.7 Å². The lowest BCUT2D eigenvalue weighted by molar-refractivity contribution is -0.122. The first kappa shape index (κ1) is 17.6. The van der Waals surface area contributed by atoms with Gasteiger partial charge in [0, 0.05) is 23.9 Å². The number of aromatic nitrogens is 2. The van der Waals surface area contributed by atoms with E-state index >= 15 is 0 Å². The lowest BCUT2D eigenvalue weighted by Crippen LogP contribution is -2.42. The number of primary amides is 1. The van der Waals surface area contributed by atoms with Gasteiger partial charge in [-0.15, -0.1) is 0 Å². The number of amides is 2. The van der Waals surface area contributed by atoms with E-state index in [1.807, 2.05) is 0 Å². The van der Waals surface area contributed by atoms with Crippen molar-refractivity contribution in [3.8, 4) is 0 Å². The van der Waals surface area contributed by atoms with Crippen LogP contribution < -0.4 is 10.6 Å². The summed E-state index contributed by atoms with van der Waals surface area (Å²) in [7, 11) is 0. The van der Waals surface area contributed by atoms with Crippen molar-refractivity contribution in [1.29, 1.82) is 0 Å². The summed E-state index contributed by atoms with van der Waals surface area (Å²) >= 11 is 0. The number of nitrogens with one attached hydrogen (secondary N) is 1. The Morgan fingerprint density at radius 1 is 1.25 bits per heavy atom. The average molecular weight is 336 g/mol. The highest BCUT2D eigenvalue weighted by Crippen LogP contribution is 2.33. The Morgan fingerprint density at radius 2 is 1.92 bits per heavy atom. The van der Waals surface area contributed by atoms with E-state index in [-0.39, 0.29) is 17.1 Å². The van der Waals surface area contributed by atoms with Crippen LogP contribution in [-0.4, -0.2) is 28.2 Å². The monoisotopic (exact) mass is 336 g/mol. The van der Waals surface area contributed by atoms with Crippen LogP contribution in [0.1, 0.15) is 35.8 Å². The number of aromatic amines is 1. The van der Waals surface area contributed by atoms with Gasteiger partial charge in [-0.05, 0) is 11.6 Å². The van der Waals surface area contributed by atoms with Gasteiger partial charge in [0.25, 0.3) is 6.43 Å². The van der Waals surface area contributed by atoms with Crippen molar-refractivity contribution in [3.05, 3.63) is 47.8 Å². The lowest BCUT2D eigenvalue weighted by Gasteiger charge is -2.31. The number of halogens is 2. The predicted molar refractivity (Wildman–Crippen MR) is 84.6 cm³/mol. The van der Waals surface area contributed by atoms with Gasteiger partial charge in [-0.2, -0.15) is 0 Å². The molecule has 0 spiro atoms. The molecular weight excluding hydrogens is 318 g/mol. The second-order valence-corrected chi connectivity index (χ2v) is 5.51. The fourth-order valence-corrected chi connectivity index (χ4v) is 2.41. The molecule has 0 fully saturated rings.